The summed E-state index contributed by atoms with van der Waals surface area (Å²) in [6.07, 6.45) is -24.6. The van der Waals surface area contributed by atoms with Crippen LogP contribution in [-0.4, -0.2) is 309 Å². The number of esters is 2. The molecule has 18 N–H and O–H groups in total. The highest BCUT2D eigenvalue weighted by Gasteiger charge is 2.59. The van der Waals surface area contributed by atoms with Gasteiger partial charge in [0, 0.05) is 12.8 Å². The summed E-state index contributed by atoms with van der Waals surface area (Å²) >= 11 is 0. The summed E-state index contributed by atoms with van der Waals surface area (Å²) in [4.78, 5) is 38.1. The largest absolute Gasteiger partial charge is 0.472 e. The van der Waals surface area contributed by atoms with E-state index in [9.17, 15) is 106 Å². The third-order valence-corrected chi connectivity index (χ3v) is 20.0. The van der Waals surface area contributed by atoms with Crippen LogP contribution in [0.4, 0.5) is 0 Å². The molecule has 12 unspecified atom stereocenters. The average molecular weight is 1490 g/mol. The molecule has 5 fully saturated rings. The molecule has 1 saturated carbocycles. The van der Waals surface area contributed by atoms with Crippen LogP contribution >= 0.6 is 7.82 Å². The van der Waals surface area contributed by atoms with E-state index in [0.717, 1.165) is 70.6 Å². The fourth-order valence-electron chi connectivity index (χ4n) is 12.6. The van der Waals surface area contributed by atoms with Crippen LogP contribution in [-0.2, 0) is 70.6 Å². The van der Waals surface area contributed by atoms with Gasteiger partial charge in [-0.05, 0) is 38.5 Å². The Balaban J connectivity index is 1.29. The molecule has 33 nitrogen and oxygen atoms in total. The third kappa shape index (κ3) is 29.0. The topological polar surface area (TPSA) is 526 Å². The molecular weight excluding hydrogens is 1360 g/mol. The van der Waals surface area contributed by atoms with E-state index in [1.54, 1.807) is 0 Å². The highest BCUT2D eigenvalue weighted by atomic mass is 31.2. The lowest BCUT2D eigenvalue weighted by Gasteiger charge is -2.49. The molecule has 28 atom stereocenters. The number of aliphatic hydroxyl groups excluding tert-OH is 17. The molecule has 592 valence electrons. The van der Waals surface area contributed by atoms with Gasteiger partial charge in [-0.15, -0.1) is 0 Å². The Bertz CT molecular complexity index is 2320. The highest BCUT2D eigenvalue weighted by Crippen LogP contribution is 2.49. The van der Waals surface area contributed by atoms with E-state index in [-0.39, 0.29) is 12.8 Å². The van der Waals surface area contributed by atoms with E-state index in [2.05, 4.69) is 26.0 Å². The van der Waals surface area contributed by atoms with Crippen LogP contribution in [0.15, 0.2) is 12.2 Å². The molecule has 0 aromatic carbocycles. The Hall–Kier alpha value is -2.21. The van der Waals surface area contributed by atoms with Crippen LogP contribution in [0.1, 0.15) is 194 Å². The molecule has 5 aliphatic rings. The second-order valence-electron chi connectivity index (χ2n) is 27.2. The maximum Gasteiger partial charge on any atom is 0.472 e. The molecule has 5 rings (SSSR count). The van der Waals surface area contributed by atoms with Crippen molar-refractivity contribution in [2.45, 2.75) is 359 Å². The Morgan fingerprint density at radius 1 is 0.386 bits per heavy atom. The van der Waals surface area contributed by atoms with Gasteiger partial charge in [0.05, 0.1) is 33.0 Å². The van der Waals surface area contributed by atoms with Crippen molar-refractivity contribution in [3.05, 3.63) is 12.2 Å². The molecule has 0 bridgehead atoms. The number of carbonyl (C=O) groups is 2. The second kappa shape index (κ2) is 47.6. The molecule has 0 spiro atoms. The van der Waals surface area contributed by atoms with E-state index >= 15 is 0 Å². The van der Waals surface area contributed by atoms with Crippen LogP contribution < -0.4 is 0 Å². The molecule has 101 heavy (non-hydrogen) atoms. The number of aliphatic hydroxyl groups is 17. The number of ether oxygens (including phenoxy) is 10. The minimum Gasteiger partial charge on any atom is -0.462 e. The Labute approximate surface area is 591 Å². The molecule has 0 aromatic rings. The van der Waals surface area contributed by atoms with Crippen molar-refractivity contribution >= 4 is 19.8 Å². The van der Waals surface area contributed by atoms with Crippen molar-refractivity contribution in [3.8, 4) is 0 Å². The maximum absolute atomic E-state index is 14.4. The normalized spacial score (nSPS) is 36.5. The van der Waals surface area contributed by atoms with Crippen molar-refractivity contribution in [2.24, 2.45) is 0 Å². The van der Waals surface area contributed by atoms with Gasteiger partial charge in [-0.1, -0.05) is 154 Å². The minimum atomic E-state index is -5.82. The quantitative estimate of drug-likeness (QED) is 0.0159. The van der Waals surface area contributed by atoms with E-state index < -0.39 is 225 Å². The van der Waals surface area contributed by atoms with Gasteiger partial charge in [0.1, 0.15) is 141 Å². The summed E-state index contributed by atoms with van der Waals surface area (Å²) in [5.41, 5.74) is 0. The molecule has 0 amide bonds. The number of allylic oxidation sites excluding steroid dienone is 2. The molecule has 0 radical (unpaired) electrons. The van der Waals surface area contributed by atoms with E-state index in [1.165, 1.54) is 77.0 Å². The van der Waals surface area contributed by atoms with Gasteiger partial charge < -0.3 is 139 Å². The van der Waals surface area contributed by atoms with Crippen LogP contribution in [0.25, 0.3) is 0 Å². The van der Waals surface area contributed by atoms with Gasteiger partial charge in [-0.3, -0.25) is 18.6 Å². The summed E-state index contributed by atoms with van der Waals surface area (Å²) < 4.78 is 81.4. The monoisotopic (exact) mass is 1480 g/mol. The summed E-state index contributed by atoms with van der Waals surface area (Å²) in [5, 5.41) is 183. The van der Waals surface area contributed by atoms with Crippen molar-refractivity contribution in [1.29, 1.82) is 0 Å². The first kappa shape index (κ1) is 89.4. The molecule has 4 aliphatic heterocycles. The second-order valence-corrected chi connectivity index (χ2v) is 28.6. The molecule has 0 aromatic heterocycles. The SMILES string of the molecule is CCCCCC/C=C\CCCCCCCC(=O)O[C@H](COC(=O)CCCCCCCCCCCCCCCCC)COP(=O)(O)O[C@@H]1C(O[C@@H]2OC(CO[C@@H]3OC(CO[C@@H]4OC(CO)[C@H](O)C(O)[C@@H]4O)[C@H](O)C(O)[C@@H]3O)[C@H](O)C(O)[C@@H]2O)C(O)[C@@H](O)C(O)[C@H]1O[C@H]1OC(CO)[C@@H](O)C(O)[C@H]1O. The number of hydrogen-bond acceptors (Lipinski definition) is 32. The average Bonchev–Trinajstić information content (AvgIpc) is 0.762. The highest BCUT2D eigenvalue weighted by molar-refractivity contribution is 7.47. The van der Waals surface area contributed by atoms with E-state index in [1.807, 2.05) is 0 Å². The van der Waals surface area contributed by atoms with Gasteiger partial charge in [0.25, 0.3) is 0 Å². The maximum atomic E-state index is 14.4. The predicted octanol–water partition coefficient (Wildman–Crippen LogP) is -0.423. The summed E-state index contributed by atoms with van der Waals surface area (Å²) in [6, 6.07) is 0. The molecule has 4 saturated heterocycles. The van der Waals surface area contributed by atoms with Crippen LogP contribution in [0.2, 0.25) is 0 Å². The third-order valence-electron chi connectivity index (χ3n) is 19.0. The lowest BCUT2D eigenvalue weighted by Crippen LogP contribution is -2.69. The van der Waals surface area contributed by atoms with Crippen LogP contribution in [0.3, 0.4) is 0 Å². The smallest absolute Gasteiger partial charge is 0.462 e. The standard InChI is InChI=1S/C67H121O33P/c1-3-5-7-9-11-13-15-17-18-20-21-23-25-27-29-31-44(70)89-35-39(93-45(71)32-30-28-26-24-22-19-16-14-12-10-8-6-4-2)36-92-101(87,88)100-63-61(98-66-59(85)51(77)47(73)41(34-69)95-66)55(81)54(80)56(82)62(63)99-67-60(86)53(79)49(75)43(97-67)38-91-65-58(84)52(78)48(74)42(96-65)37-90-64-57(83)50(76)46(72)40(33-68)94-64/h14,16,39-43,46-69,72-86H,3-13,15,17-38H2,1-2H3,(H,87,88)/b16-14-/t39-,40?,41?,42?,43?,46+,47-,48+,49+,50?,51?,52?,53?,54+,55?,56?,57+,58+,59-,60+,61-,62?,63+,64-,65-,66-,67+/m1/s1. The van der Waals surface area contributed by atoms with Crippen LogP contribution in [0.5, 0.6) is 0 Å². The first-order chi connectivity index (χ1) is 48.3. The van der Waals surface area contributed by atoms with Gasteiger partial charge >= 0.3 is 19.8 Å². The summed E-state index contributed by atoms with van der Waals surface area (Å²) in [5.74, 6) is -1.45. The zero-order chi connectivity index (χ0) is 74.2. The lowest BCUT2D eigenvalue weighted by molar-refractivity contribution is -0.365. The molecule has 4 heterocycles. The number of phosphoric ester groups is 1. The van der Waals surface area contributed by atoms with Gasteiger partial charge in [-0.25, -0.2) is 4.57 Å². The molecular formula is C67H121O33P. The van der Waals surface area contributed by atoms with Crippen molar-refractivity contribution in [3.63, 3.8) is 0 Å². The van der Waals surface area contributed by atoms with Gasteiger partial charge in [0.2, 0.25) is 0 Å². The minimum absolute atomic E-state index is 0.00234. The number of hydrogen-bond donors (Lipinski definition) is 18. The summed E-state index contributed by atoms with van der Waals surface area (Å²) in [6.45, 7) is -0.929. The zero-order valence-corrected chi connectivity index (χ0v) is 59.3. The van der Waals surface area contributed by atoms with Crippen LogP contribution in [0, 0.1) is 0 Å². The number of unbranched alkanes of at least 4 members (excludes halogenated alkanes) is 23. The fraction of sp³-hybridized carbons (Fsp3) is 0.940. The number of carbonyl (C=O) groups excluding carboxylic acids is 2. The number of phosphoric acid groups is 1. The molecule has 34 heteroatoms. The van der Waals surface area contributed by atoms with Gasteiger partial charge in [-0.2, -0.15) is 0 Å². The van der Waals surface area contributed by atoms with Crippen molar-refractivity contribution in [2.75, 3.05) is 39.6 Å². The Morgan fingerprint density at radius 3 is 1.13 bits per heavy atom. The van der Waals surface area contributed by atoms with Crippen molar-refractivity contribution < 1.29 is 162 Å². The van der Waals surface area contributed by atoms with E-state index in [0.29, 0.717) is 19.3 Å². The molecule has 1 aliphatic carbocycles. The lowest BCUT2D eigenvalue weighted by atomic mass is 9.84. The Kier molecular flexibility index (Phi) is 42.1. The fourth-order valence-corrected chi connectivity index (χ4v) is 13.6. The van der Waals surface area contributed by atoms with E-state index in [4.69, 9.17) is 56.4 Å². The first-order valence-corrected chi connectivity index (χ1v) is 38.0. The van der Waals surface area contributed by atoms with Gasteiger partial charge in [0.15, 0.2) is 31.3 Å². The van der Waals surface area contributed by atoms with Crippen molar-refractivity contribution in [1.82, 2.24) is 0 Å². The predicted molar refractivity (Wildman–Crippen MR) is 352 cm³/mol. The summed E-state index contributed by atoms with van der Waals surface area (Å²) in [7, 11) is -5.82. The Morgan fingerprint density at radius 2 is 0.713 bits per heavy atom. The number of rotatable bonds is 49. The first-order valence-electron chi connectivity index (χ1n) is 36.5. The zero-order valence-electron chi connectivity index (χ0n) is 58.4.